The molecule has 1 aromatic heterocycles. The third-order valence-electron chi connectivity index (χ3n) is 1.89. The van der Waals surface area contributed by atoms with Crippen molar-refractivity contribution in [3.8, 4) is 0 Å². The fourth-order valence-corrected chi connectivity index (χ4v) is 2.09. The Labute approximate surface area is 88.8 Å². The van der Waals surface area contributed by atoms with E-state index in [0.717, 1.165) is 0 Å². The average molecular weight is 215 g/mol. The van der Waals surface area contributed by atoms with Crippen LogP contribution in [0.4, 0.5) is 0 Å². The molecule has 1 aromatic rings. The molecule has 0 radical (unpaired) electrons. The predicted molar refractivity (Wildman–Crippen MR) is 58.5 cm³/mol. The first-order chi connectivity index (χ1) is 6.75. The molecule has 0 aliphatic rings. The SMILES string of the molecule is COCCOC(c1cccs1)C(C)N. The minimum absolute atomic E-state index is 0.00510. The van der Waals surface area contributed by atoms with Crippen molar-refractivity contribution in [1.29, 1.82) is 0 Å². The maximum absolute atomic E-state index is 5.85. The Morgan fingerprint density at radius 2 is 2.29 bits per heavy atom. The van der Waals surface area contributed by atoms with Crippen LogP contribution in [0.2, 0.25) is 0 Å². The molecule has 2 atom stereocenters. The van der Waals surface area contributed by atoms with Gasteiger partial charge in [-0.15, -0.1) is 11.3 Å². The molecule has 0 aromatic carbocycles. The molecule has 0 bridgehead atoms. The Bertz CT molecular complexity index is 236. The predicted octanol–water partition coefficient (Wildman–Crippen LogP) is 1.80. The maximum atomic E-state index is 5.85. The molecule has 0 aliphatic heterocycles. The van der Waals surface area contributed by atoms with Gasteiger partial charge >= 0.3 is 0 Å². The van der Waals surface area contributed by atoms with E-state index in [2.05, 4.69) is 0 Å². The van der Waals surface area contributed by atoms with Crippen LogP contribution in [0.15, 0.2) is 17.5 Å². The summed E-state index contributed by atoms with van der Waals surface area (Å²) in [6.45, 7) is 3.15. The van der Waals surface area contributed by atoms with Gasteiger partial charge in [-0.05, 0) is 18.4 Å². The second-order valence-corrected chi connectivity index (χ2v) is 4.14. The van der Waals surface area contributed by atoms with Crippen LogP contribution in [-0.2, 0) is 9.47 Å². The van der Waals surface area contributed by atoms with Crippen molar-refractivity contribution in [3.63, 3.8) is 0 Å². The van der Waals surface area contributed by atoms with Gasteiger partial charge in [0.05, 0.1) is 13.2 Å². The van der Waals surface area contributed by atoms with Crippen LogP contribution in [-0.4, -0.2) is 26.4 Å². The topological polar surface area (TPSA) is 44.5 Å². The third kappa shape index (κ3) is 3.38. The van der Waals surface area contributed by atoms with Crippen LogP contribution in [0.25, 0.3) is 0 Å². The fraction of sp³-hybridized carbons (Fsp3) is 0.600. The minimum Gasteiger partial charge on any atom is -0.382 e. The Balaban J connectivity index is 2.48. The molecule has 2 unspecified atom stereocenters. The Kier molecular flexibility index (Phi) is 5.11. The second-order valence-electron chi connectivity index (χ2n) is 3.16. The number of hydrogen-bond acceptors (Lipinski definition) is 4. The molecular weight excluding hydrogens is 198 g/mol. The van der Waals surface area contributed by atoms with Crippen molar-refractivity contribution >= 4 is 11.3 Å². The van der Waals surface area contributed by atoms with Crippen LogP contribution < -0.4 is 5.73 Å². The highest BCUT2D eigenvalue weighted by molar-refractivity contribution is 7.10. The fourth-order valence-electron chi connectivity index (χ4n) is 1.20. The van der Waals surface area contributed by atoms with Gasteiger partial charge < -0.3 is 15.2 Å². The van der Waals surface area contributed by atoms with E-state index in [-0.39, 0.29) is 12.1 Å². The molecule has 80 valence electrons. The molecule has 1 rings (SSSR count). The number of thiophene rings is 1. The summed E-state index contributed by atoms with van der Waals surface area (Å²) in [7, 11) is 1.66. The molecule has 0 fully saturated rings. The number of methoxy groups -OCH3 is 1. The minimum atomic E-state index is -0.00912. The quantitative estimate of drug-likeness (QED) is 0.736. The summed E-state index contributed by atoms with van der Waals surface area (Å²) in [5.41, 5.74) is 5.85. The van der Waals surface area contributed by atoms with Crippen molar-refractivity contribution in [3.05, 3.63) is 22.4 Å². The zero-order valence-corrected chi connectivity index (χ0v) is 9.42. The van der Waals surface area contributed by atoms with E-state index in [1.165, 1.54) is 4.88 Å². The Morgan fingerprint density at radius 3 is 2.79 bits per heavy atom. The average Bonchev–Trinajstić information content (AvgIpc) is 2.64. The molecule has 0 spiro atoms. The summed E-state index contributed by atoms with van der Waals surface area (Å²) in [5.74, 6) is 0. The summed E-state index contributed by atoms with van der Waals surface area (Å²) in [6.07, 6.45) is -0.00912. The lowest BCUT2D eigenvalue weighted by atomic mass is 10.1. The van der Waals surface area contributed by atoms with Gasteiger partial charge in [0.25, 0.3) is 0 Å². The lowest BCUT2D eigenvalue weighted by Gasteiger charge is -2.19. The van der Waals surface area contributed by atoms with Gasteiger partial charge in [0, 0.05) is 18.0 Å². The van der Waals surface area contributed by atoms with Gasteiger partial charge in [0.15, 0.2) is 0 Å². The first-order valence-corrected chi connectivity index (χ1v) is 5.53. The molecule has 2 N–H and O–H groups in total. The van der Waals surface area contributed by atoms with E-state index in [9.17, 15) is 0 Å². The number of nitrogens with two attached hydrogens (primary N) is 1. The lowest BCUT2D eigenvalue weighted by Crippen LogP contribution is -2.27. The van der Waals surface area contributed by atoms with Gasteiger partial charge in [0.1, 0.15) is 6.10 Å². The van der Waals surface area contributed by atoms with Gasteiger partial charge in [-0.25, -0.2) is 0 Å². The molecule has 0 aliphatic carbocycles. The standard InChI is InChI=1S/C10H17NO2S/c1-8(11)10(13-6-5-12-2)9-4-3-7-14-9/h3-4,7-8,10H,5-6,11H2,1-2H3. The van der Waals surface area contributed by atoms with Crippen molar-refractivity contribution < 1.29 is 9.47 Å². The largest absolute Gasteiger partial charge is 0.382 e. The third-order valence-corrected chi connectivity index (χ3v) is 2.82. The van der Waals surface area contributed by atoms with E-state index in [4.69, 9.17) is 15.2 Å². The summed E-state index contributed by atoms with van der Waals surface area (Å²) in [4.78, 5) is 1.18. The molecule has 0 saturated carbocycles. The summed E-state index contributed by atoms with van der Waals surface area (Å²) in [6, 6.07) is 4.06. The summed E-state index contributed by atoms with van der Waals surface area (Å²) in [5, 5.41) is 2.03. The first kappa shape index (κ1) is 11.7. The van der Waals surface area contributed by atoms with Crippen LogP contribution in [0, 0.1) is 0 Å². The molecular formula is C10H17NO2S. The monoisotopic (exact) mass is 215 g/mol. The first-order valence-electron chi connectivity index (χ1n) is 4.65. The van der Waals surface area contributed by atoms with Crippen LogP contribution in [0.3, 0.4) is 0 Å². The number of hydrogen-bond donors (Lipinski definition) is 1. The number of rotatable bonds is 6. The zero-order chi connectivity index (χ0) is 10.4. The van der Waals surface area contributed by atoms with Crippen LogP contribution in [0.1, 0.15) is 17.9 Å². The van der Waals surface area contributed by atoms with Crippen molar-refractivity contribution in [2.45, 2.75) is 19.1 Å². The van der Waals surface area contributed by atoms with Gasteiger partial charge in [-0.1, -0.05) is 6.07 Å². The number of ether oxygens (including phenoxy) is 2. The van der Waals surface area contributed by atoms with E-state index in [0.29, 0.717) is 13.2 Å². The highest BCUT2D eigenvalue weighted by Gasteiger charge is 2.17. The molecule has 0 amide bonds. The Morgan fingerprint density at radius 1 is 1.50 bits per heavy atom. The van der Waals surface area contributed by atoms with E-state index < -0.39 is 0 Å². The van der Waals surface area contributed by atoms with Crippen molar-refractivity contribution in [2.24, 2.45) is 5.73 Å². The zero-order valence-electron chi connectivity index (χ0n) is 8.60. The van der Waals surface area contributed by atoms with E-state index >= 15 is 0 Å². The molecule has 14 heavy (non-hydrogen) atoms. The Hall–Kier alpha value is -0.420. The molecule has 1 heterocycles. The summed E-state index contributed by atoms with van der Waals surface area (Å²) < 4.78 is 10.6. The highest BCUT2D eigenvalue weighted by atomic mass is 32.1. The molecule has 4 heteroatoms. The van der Waals surface area contributed by atoms with Gasteiger partial charge in [-0.3, -0.25) is 0 Å². The molecule has 0 saturated heterocycles. The van der Waals surface area contributed by atoms with Crippen LogP contribution in [0.5, 0.6) is 0 Å². The van der Waals surface area contributed by atoms with Gasteiger partial charge in [0.2, 0.25) is 0 Å². The highest BCUT2D eigenvalue weighted by Crippen LogP contribution is 2.24. The van der Waals surface area contributed by atoms with Crippen molar-refractivity contribution in [1.82, 2.24) is 0 Å². The summed E-state index contributed by atoms with van der Waals surface area (Å²) >= 11 is 1.67. The van der Waals surface area contributed by atoms with E-state index in [1.807, 2.05) is 24.4 Å². The molecule has 3 nitrogen and oxygen atoms in total. The van der Waals surface area contributed by atoms with Crippen molar-refractivity contribution in [2.75, 3.05) is 20.3 Å². The van der Waals surface area contributed by atoms with Crippen LogP contribution >= 0.6 is 11.3 Å². The maximum Gasteiger partial charge on any atom is 0.106 e. The normalized spacial score (nSPS) is 15.4. The smallest absolute Gasteiger partial charge is 0.106 e. The van der Waals surface area contributed by atoms with Gasteiger partial charge in [-0.2, -0.15) is 0 Å². The lowest BCUT2D eigenvalue weighted by molar-refractivity contribution is 0.00797. The van der Waals surface area contributed by atoms with E-state index in [1.54, 1.807) is 18.4 Å². The second kappa shape index (κ2) is 6.14.